The van der Waals surface area contributed by atoms with Crippen molar-refractivity contribution in [1.82, 2.24) is 0 Å². The summed E-state index contributed by atoms with van der Waals surface area (Å²) in [5.41, 5.74) is 5.46. The first-order valence-corrected chi connectivity index (χ1v) is 5.50. The Morgan fingerprint density at radius 3 is 3.07 bits per heavy atom. The lowest BCUT2D eigenvalue weighted by Crippen LogP contribution is -2.21. The number of hydrogen-bond acceptors (Lipinski definition) is 4. The fourth-order valence-electron chi connectivity index (χ4n) is 1.04. The van der Waals surface area contributed by atoms with Gasteiger partial charge in [0.05, 0.1) is 13.0 Å². The molecule has 0 spiro atoms. The molecule has 1 rings (SSSR count). The van der Waals surface area contributed by atoms with Crippen LogP contribution in [0.25, 0.3) is 0 Å². The van der Waals surface area contributed by atoms with Gasteiger partial charge < -0.3 is 10.5 Å². The van der Waals surface area contributed by atoms with Crippen LogP contribution in [0, 0.1) is 0 Å². The Bertz CT molecular complexity index is 270. The molecular weight excluding hydrogens is 198 g/mol. The fourth-order valence-corrected chi connectivity index (χ4v) is 1.73. The predicted molar refractivity (Wildman–Crippen MR) is 57.2 cm³/mol. The van der Waals surface area contributed by atoms with Crippen LogP contribution in [0.1, 0.15) is 18.2 Å². The molecule has 3 nitrogen and oxygen atoms in total. The molecular formula is C10H15NO2S. The number of nitrogens with two attached hydrogens (primary N) is 1. The summed E-state index contributed by atoms with van der Waals surface area (Å²) < 4.78 is 5.01. The normalized spacial score (nSPS) is 12.4. The second-order valence-corrected chi connectivity index (χ2v) is 4.26. The predicted octanol–water partition coefficient (Wildman–Crippen LogP) is 1.57. The van der Waals surface area contributed by atoms with Crippen molar-refractivity contribution in [2.75, 3.05) is 6.61 Å². The molecule has 1 aromatic heterocycles. The van der Waals surface area contributed by atoms with Crippen LogP contribution in [-0.4, -0.2) is 18.6 Å². The zero-order valence-electron chi connectivity index (χ0n) is 8.23. The number of rotatable bonds is 5. The van der Waals surface area contributed by atoms with Gasteiger partial charge in [-0.1, -0.05) is 6.07 Å². The highest BCUT2D eigenvalue weighted by Gasteiger charge is 2.05. The molecule has 78 valence electrons. The van der Waals surface area contributed by atoms with Crippen LogP contribution in [0.5, 0.6) is 0 Å². The van der Waals surface area contributed by atoms with Crippen LogP contribution in [0.2, 0.25) is 0 Å². The maximum Gasteiger partial charge on any atom is 0.307 e. The van der Waals surface area contributed by atoms with Gasteiger partial charge in [-0.25, -0.2) is 0 Å². The van der Waals surface area contributed by atoms with Gasteiger partial charge >= 0.3 is 5.97 Å². The third-order valence-corrected chi connectivity index (χ3v) is 2.62. The molecule has 0 aliphatic heterocycles. The van der Waals surface area contributed by atoms with Crippen LogP contribution < -0.4 is 5.73 Å². The molecule has 0 bridgehead atoms. The molecule has 0 aliphatic carbocycles. The average Bonchev–Trinajstić information content (AvgIpc) is 2.55. The Hall–Kier alpha value is -0.870. The fraction of sp³-hybridized carbons (Fsp3) is 0.500. The number of esters is 1. The molecule has 0 radical (unpaired) electrons. The van der Waals surface area contributed by atoms with Gasteiger partial charge in [0, 0.05) is 17.3 Å². The van der Waals surface area contributed by atoms with E-state index in [1.165, 1.54) is 4.88 Å². The second-order valence-electron chi connectivity index (χ2n) is 3.23. The summed E-state index contributed by atoms with van der Waals surface area (Å²) in [5, 5.41) is 2.01. The Labute approximate surface area is 87.9 Å². The highest BCUT2D eigenvalue weighted by atomic mass is 32.1. The summed E-state index contributed by atoms with van der Waals surface area (Å²) in [4.78, 5) is 12.3. The molecule has 1 atom stereocenters. The van der Waals surface area contributed by atoms with Gasteiger partial charge in [-0.05, 0) is 18.4 Å². The van der Waals surface area contributed by atoms with Gasteiger partial charge in [-0.15, -0.1) is 11.3 Å². The van der Waals surface area contributed by atoms with E-state index in [9.17, 15) is 4.79 Å². The third kappa shape index (κ3) is 4.39. The zero-order valence-corrected chi connectivity index (χ0v) is 9.05. The number of thiophene rings is 1. The van der Waals surface area contributed by atoms with Crippen molar-refractivity contribution in [2.45, 2.75) is 25.8 Å². The van der Waals surface area contributed by atoms with Gasteiger partial charge in [-0.3, -0.25) is 4.79 Å². The molecule has 0 amide bonds. The summed E-state index contributed by atoms with van der Waals surface area (Å²) in [5.74, 6) is -0.212. The minimum Gasteiger partial charge on any atom is -0.465 e. The van der Waals surface area contributed by atoms with Crippen molar-refractivity contribution >= 4 is 17.3 Å². The number of carbonyl (C=O) groups excluding carboxylic acids is 1. The SMILES string of the molecule is CC(N)CC(=O)OCCc1cccs1. The lowest BCUT2D eigenvalue weighted by molar-refractivity contribution is -0.143. The molecule has 0 aliphatic rings. The maximum atomic E-state index is 11.1. The Morgan fingerprint density at radius 1 is 1.71 bits per heavy atom. The molecule has 0 saturated carbocycles. The average molecular weight is 213 g/mol. The van der Waals surface area contributed by atoms with Gasteiger partial charge in [0.1, 0.15) is 0 Å². The van der Waals surface area contributed by atoms with Crippen molar-refractivity contribution in [2.24, 2.45) is 5.73 Å². The summed E-state index contributed by atoms with van der Waals surface area (Å²) >= 11 is 1.67. The Balaban J connectivity index is 2.12. The molecule has 4 heteroatoms. The standard InChI is InChI=1S/C10H15NO2S/c1-8(11)7-10(12)13-5-4-9-3-2-6-14-9/h2-3,6,8H,4-5,7,11H2,1H3. The van der Waals surface area contributed by atoms with Crippen molar-refractivity contribution in [1.29, 1.82) is 0 Å². The van der Waals surface area contributed by atoms with Crippen LogP contribution in [0.15, 0.2) is 17.5 Å². The monoisotopic (exact) mass is 213 g/mol. The highest BCUT2D eigenvalue weighted by molar-refractivity contribution is 7.09. The van der Waals surface area contributed by atoms with Crippen molar-refractivity contribution < 1.29 is 9.53 Å². The summed E-state index contributed by atoms with van der Waals surface area (Å²) in [6.45, 7) is 2.24. The molecule has 1 aromatic rings. The van der Waals surface area contributed by atoms with E-state index in [0.29, 0.717) is 13.0 Å². The molecule has 2 N–H and O–H groups in total. The lowest BCUT2D eigenvalue weighted by Gasteiger charge is -2.05. The summed E-state index contributed by atoms with van der Waals surface area (Å²) in [6.07, 6.45) is 1.09. The molecule has 0 fully saturated rings. The minimum atomic E-state index is -0.212. The van der Waals surface area contributed by atoms with E-state index in [2.05, 4.69) is 0 Å². The topological polar surface area (TPSA) is 52.3 Å². The van der Waals surface area contributed by atoms with Crippen molar-refractivity contribution in [3.63, 3.8) is 0 Å². The van der Waals surface area contributed by atoms with Gasteiger partial charge in [0.25, 0.3) is 0 Å². The molecule has 1 heterocycles. The smallest absolute Gasteiger partial charge is 0.307 e. The van der Waals surface area contributed by atoms with Crippen LogP contribution in [-0.2, 0) is 16.0 Å². The second kappa shape index (κ2) is 5.78. The van der Waals surface area contributed by atoms with Gasteiger partial charge in [-0.2, -0.15) is 0 Å². The van der Waals surface area contributed by atoms with E-state index < -0.39 is 0 Å². The summed E-state index contributed by atoms with van der Waals surface area (Å²) in [7, 11) is 0. The Morgan fingerprint density at radius 2 is 2.50 bits per heavy atom. The highest BCUT2D eigenvalue weighted by Crippen LogP contribution is 2.09. The van der Waals surface area contributed by atoms with E-state index in [4.69, 9.17) is 10.5 Å². The lowest BCUT2D eigenvalue weighted by atomic mass is 10.2. The van der Waals surface area contributed by atoms with E-state index in [1.807, 2.05) is 17.5 Å². The van der Waals surface area contributed by atoms with E-state index in [-0.39, 0.29) is 12.0 Å². The number of ether oxygens (including phenoxy) is 1. The largest absolute Gasteiger partial charge is 0.465 e. The van der Waals surface area contributed by atoms with Gasteiger partial charge in [0.2, 0.25) is 0 Å². The van der Waals surface area contributed by atoms with Crippen molar-refractivity contribution in [3.8, 4) is 0 Å². The first kappa shape index (κ1) is 11.2. The first-order valence-electron chi connectivity index (χ1n) is 4.62. The van der Waals surface area contributed by atoms with E-state index in [0.717, 1.165) is 6.42 Å². The molecule has 14 heavy (non-hydrogen) atoms. The van der Waals surface area contributed by atoms with E-state index >= 15 is 0 Å². The minimum absolute atomic E-state index is 0.121. The molecule has 1 unspecified atom stereocenters. The molecule has 0 aromatic carbocycles. The quantitative estimate of drug-likeness (QED) is 0.755. The first-order chi connectivity index (χ1) is 6.68. The Kier molecular flexibility index (Phi) is 4.62. The van der Waals surface area contributed by atoms with Crippen LogP contribution >= 0.6 is 11.3 Å². The van der Waals surface area contributed by atoms with E-state index in [1.54, 1.807) is 18.3 Å². The molecule has 0 saturated heterocycles. The van der Waals surface area contributed by atoms with Crippen LogP contribution in [0.3, 0.4) is 0 Å². The maximum absolute atomic E-state index is 11.1. The van der Waals surface area contributed by atoms with Crippen LogP contribution in [0.4, 0.5) is 0 Å². The number of hydrogen-bond donors (Lipinski definition) is 1. The zero-order chi connectivity index (χ0) is 10.4. The van der Waals surface area contributed by atoms with Gasteiger partial charge in [0.15, 0.2) is 0 Å². The number of carbonyl (C=O) groups is 1. The summed E-state index contributed by atoms with van der Waals surface area (Å²) in [6, 6.07) is 3.90. The third-order valence-electron chi connectivity index (χ3n) is 1.68. The van der Waals surface area contributed by atoms with Crippen molar-refractivity contribution in [3.05, 3.63) is 22.4 Å².